The lowest BCUT2D eigenvalue weighted by Gasteiger charge is -2.11. The minimum absolute atomic E-state index is 0.112. The smallest absolute Gasteiger partial charge is 0.308 e. The van der Waals surface area contributed by atoms with E-state index in [1.165, 1.54) is 0 Å². The van der Waals surface area contributed by atoms with Crippen LogP contribution in [0.25, 0.3) is 0 Å². The molecular formula is C11H10F2N2O3S. The Bertz CT molecular complexity index is 533. The van der Waals surface area contributed by atoms with Crippen molar-refractivity contribution in [1.82, 2.24) is 5.32 Å². The fourth-order valence-electron chi connectivity index (χ4n) is 1.78. The summed E-state index contributed by atoms with van der Waals surface area (Å²) in [5, 5.41) is 13.1. The van der Waals surface area contributed by atoms with Gasteiger partial charge in [0.2, 0.25) is 5.82 Å². The van der Waals surface area contributed by atoms with Crippen molar-refractivity contribution in [3.63, 3.8) is 0 Å². The number of benzene rings is 1. The molecular weight excluding hydrogens is 278 g/mol. The van der Waals surface area contributed by atoms with Crippen molar-refractivity contribution in [2.75, 3.05) is 11.5 Å². The van der Waals surface area contributed by atoms with Crippen LogP contribution in [0, 0.1) is 21.7 Å². The van der Waals surface area contributed by atoms with Gasteiger partial charge in [-0.2, -0.15) is 16.2 Å². The highest BCUT2D eigenvalue weighted by atomic mass is 32.2. The molecule has 1 aliphatic heterocycles. The van der Waals surface area contributed by atoms with Gasteiger partial charge in [0.1, 0.15) is 5.82 Å². The molecule has 1 fully saturated rings. The van der Waals surface area contributed by atoms with Gasteiger partial charge in [0.15, 0.2) is 0 Å². The molecule has 1 aromatic rings. The van der Waals surface area contributed by atoms with Crippen molar-refractivity contribution in [1.29, 1.82) is 0 Å². The van der Waals surface area contributed by atoms with Crippen LogP contribution >= 0.6 is 11.8 Å². The molecule has 102 valence electrons. The van der Waals surface area contributed by atoms with Gasteiger partial charge in [-0.15, -0.1) is 0 Å². The summed E-state index contributed by atoms with van der Waals surface area (Å²) in [6, 6.07) is 1.01. The van der Waals surface area contributed by atoms with Crippen LogP contribution in [0.2, 0.25) is 0 Å². The number of nitrogens with zero attached hydrogens (tertiary/aromatic N) is 1. The quantitative estimate of drug-likeness (QED) is 0.683. The molecule has 2 rings (SSSR count). The number of nitro benzene ring substituents is 1. The molecule has 1 aliphatic rings. The summed E-state index contributed by atoms with van der Waals surface area (Å²) >= 11 is 1.64. The SMILES string of the molecule is O=C(NC1CCSC1)c1cc(F)cc([N+](=O)[O-])c1F. The van der Waals surface area contributed by atoms with Gasteiger partial charge < -0.3 is 5.32 Å². The number of nitro groups is 1. The minimum Gasteiger partial charge on any atom is -0.348 e. The highest BCUT2D eigenvalue weighted by Crippen LogP contribution is 2.23. The summed E-state index contributed by atoms with van der Waals surface area (Å²) in [6.45, 7) is 0. The van der Waals surface area contributed by atoms with Crippen molar-refractivity contribution in [3.05, 3.63) is 39.4 Å². The Morgan fingerprint density at radius 3 is 2.79 bits per heavy atom. The molecule has 1 N–H and O–H groups in total. The van der Waals surface area contributed by atoms with E-state index < -0.39 is 33.7 Å². The van der Waals surface area contributed by atoms with Crippen LogP contribution in [-0.4, -0.2) is 28.4 Å². The van der Waals surface area contributed by atoms with Crippen LogP contribution in [0.4, 0.5) is 14.5 Å². The van der Waals surface area contributed by atoms with E-state index in [2.05, 4.69) is 5.32 Å². The van der Waals surface area contributed by atoms with E-state index in [0.29, 0.717) is 17.9 Å². The highest BCUT2D eigenvalue weighted by molar-refractivity contribution is 7.99. The third-order valence-corrected chi connectivity index (χ3v) is 3.89. The summed E-state index contributed by atoms with van der Waals surface area (Å²) < 4.78 is 26.9. The number of thioether (sulfide) groups is 1. The minimum atomic E-state index is -1.31. The second-order valence-corrected chi connectivity index (χ2v) is 5.23. The van der Waals surface area contributed by atoms with Crippen LogP contribution in [0.15, 0.2) is 12.1 Å². The lowest BCUT2D eigenvalue weighted by Crippen LogP contribution is -2.35. The van der Waals surface area contributed by atoms with E-state index in [0.717, 1.165) is 12.2 Å². The monoisotopic (exact) mass is 288 g/mol. The van der Waals surface area contributed by atoms with E-state index in [4.69, 9.17) is 0 Å². The topological polar surface area (TPSA) is 72.2 Å². The number of halogens is 2. The lowest BCUT2D eigenvalue weighted by atomic mass is 10.1. The van der Waals surface area contributed by atoms with Gasteiger partial charge in [0, 0.05) is 11.8 Å². The second-order valence-electron chi connectivity index (χ2n) is 4.08. The third kappa shape index (κ3) is 3.01. The van der Waals surface area contributed by atoms with Gasteiger partial charge >= 0.3 is 5.69 Å². The van der Waals surface area contributed by atoms with Crippen molar-refractivity contribution in [2.24, 2.45) is 0 Å². The molecule has 0 aliphatic carbocycles. The van der Waals surface area contributed by atoms with Crippen LogP contribution in [0.1, 0.15) is 16.8 Å². The largest absolute Gasteiger partial charge is 0.348 e. The molecule has 19 heavy (non-hydrogen) atoms. The maximum absolute atomic E-state index is 13.8. The maximum Gasteiger partial charge on any atom is 0.308 e. The van der Waals surface area contributed by atoms with Gasteiger partial charge in [0.25, 0.3) is 5.91 Å². The number of carbonyl (C=O) groups is 1. The Morgan fingerprint density at radius 2 is 2.21 bits per heavy atom. The van der Waals surface area contributed by atoms with E-state index >= 15 is 0 Å². The number of hydrogen-bond acceptors (Lipinski definition) is 4. The van der Waals surface area contributed by atoms with Crippen LogP contribution in [0.3, 0.4) is 0 Å². The van der Waals surface area contributed by atoms with Gasteiger partial charge in [-0.1, -0.05) is 0 Å². The zero-order valence-electron chi connectivity index (χ0n) is 9.69. The normalized spacial score (nSPS) is 18.3. The zero-order chi connectivity index (χ0) is 14.0. The van der Waals surface area contributed by atoms with Crippen molar-refractivity contribution in [2.45, 2.75) is 12.5 Å². The molecule has 1 atom stereocenters. The molecule has 0 bridgehead atoms. The Balaban J connectivity index is 2.27. The fourth-order valence-corrected chi connectivity index (χ4v) is 2.94. The van der Waals surface area contributed by atoms with E-state index in [1.54, 1.807) is 11.8 Å². The van der Waals surface area contributed by atoms with Crippen molar-refractivity contribution < 1.29 is 18.5 Å². The number of rotatable bonds is 3. The molecule has 0 saturated carbocycles. The average molecular weight is 288 g/mol. The highest BCUT2D eigenvalue weighted by Gasteiger charge is 2.26. The van der Waals surface area contributed by atoms with E-state index in [1.807, 2.05) is 0 Å². The molecule has 0 aromatic heterocycles. The summed E-state index contributed by atoms with van der Waals surface area (Å²) in [4.78, 5) is 21.3. The predicted octanol–water partition coefficient (Wildman–Crippen LogP) is 2.11. The van der Waals surface area contributed by atoms with E-state index in [-0.39, 0.29) is 6.04 Å². The van der Waals surface area contributed by atoms with Crippen LogP contribution in [0.5, 0.6) is 0 Å². The maximum atomic E-state index is 13.8. The summed E-state index contributed by atoms with van der Waals surface area (Å²) in [6.07, 6.45) is 0.745. The third-order valence-electron chi connectivity index (χ3n) is 2.72. The Hall–Kier alpha value is -1.70. The summed E-state index contributed by atoms with van der Waals surface area (Å²) in [5.41, 5.74) is -1.67. The van der Waals surface area contributed by atoms with Gasteiger partial charge in [-0.25, -0.2) is 4.39 Å². The van der Waals surface area contributed by atoms with Gasteiger partial charge in [-0.05, 0) is 18.2 Å². The molecule has 5 nitrogen and oxygen atoms in total. The Labute approximate surface area is 111 Å². The molecule has 1 aromatic carbocycles. The lowest BCUT2D eigenvalue weighted by molar-refractivity contribution is -0.387. The van der Waals surface area contributed by atoms with Gasteiger partial charge in [0.05, 0.1) is 16.6 Å². The molecule has 8 heteroatoms. The number of hydrogen-bond donors (Lipinski definition) is 1. The van der Waals surface area contributed by atoms with Crippen LogP contribution < -0.4 is 5.32 Å². The Kier molecular flexibility index (Phi) is 3.98. The fraction of sp³-hybridized carbons (Fsp3) is 0.364. The van der Waals surface area contributed by atoms with Crippen LogP contribution in [-0.2, 0) is 0 Å². The predicted molar refractivity (Wildman–Crippen MR) is 66.2 cm³/mol. The van der Waals surface area contributed by atoms with Crippen molar-refractivity contribution >= 4 is 23.4 Å². The molecule has 1 saturated heterocycles. The van der Waals surface area contributed by atoms with E-state index in [9.17, 15) is 23.7 Å². The average Bonchev–Trinajstić information content (AvgIpc) is 2.84. The first-order valence-corrected chi connectivity index (χ1v) is 6.66. The van der Waals surface area contributed by atoms with Gasteiger partial charge in [-0.3, -0.25) is 14.9 Å². The number of carbonyl (C=O) groups excluding carboxylic acids is 1. The molecule has 0 radical (unpaired) electrons. The molecule has 1 heterocycles. The first kappa shape index (κ1) is 13.7. The first-order valence-electron chi connectivity index (χ1n) is 5.51. The Morgan fingerprint density at radius 1 is 1.47 bits per heavy atom. The summed E-state index contributed by atoms with van der Waals surface area (Å²) in [5.74, 6) is -1.57. The number of nitrogens with one attached hydrogen (secondary N) is 1. The number of amides is 1. The molecule has 0 spiro atoms. The summed E-state index contributed by atoms with van der Waals surface area (Å²) in [7, 11) is 0. The standard InChI is InChI=1S/C11H10F2N2O3S/c12-6-3-8(10(13)9(4-6)15(17)18)11(16)14-7-1-2-19-5-7/h3-4,7H,1-2,5H2,(H,14,16). The van der Waals surface area contributed by atoms with Crippen molar-refractivity contribution in [3.8, 4) is 0 Å². The first-order chi connectivity index (χ1) is 8.99. The zero-order valence-corrected chi connectivity index (χ0v) is 10.5. The molecule has 1 unspecified atom stereocenters. The molecule has 1 amide bonds. The second kappa shape index (κ2) is 5.52.